The number of fused-ring (bicyclic) bond motifs is 3. The average Bonchev–Trinajstić information content (AvgIpc) is 3.57. The van der Waals surface area contributed by atoms with Gasteiger partial charge in [0.25, 0.3) is 0 Å². The molecule has 1 aliphatic rings. The minimum absolute atomic E-state index is 0.139. The van der Waals surface area contributed by atoms with Gasteiger partial charge in [0.2, 0.25) is 0 Å². The lowest BCUT2D eigenvalue weighted by Gasteiger charge is -2.24. The Labute approximate surface area is 213 Å². The number of hydrogen-bond donors (Lipinski definition) is 0. The van der Waals surface area contributed by atoms with Crippen LogP contribution in [0, 0.1) is 5.92 Å². The molecule has 0 aliphatic heterocycles. The molecule has 3 aromatic heterocycles. The lowest BCUT2D eigenvalue weighted by Crippen LogP contribution is -2.15. The molecule has 1 aromatic carbocycles. The zero-order valence-corrected chi connectivity index (χ0v) is 22.3. The fourth-order valence-corrected chi connectivity index (χ4v) is 5.69. The Hall–Kier alpha value is -2.91. The van der Waals surface area contributed by atoms with Crippen molar-refractivity contribution < 1.29 is 14.3 Å². The van der Waals surface area contributed by atoms with Gasteiger partial charge in [-0.2, -0.15) is 0 Å². The highest BCUT2D eigenvalue weighted by Gasteiger charge is 2.39. The molecule has 1 aliphatic carbocycles. The van der Waals surface area contributed by atoms with E-state index in [0.717, 1.165) is 54.3 Å². The number of aromatic nitrogens is 5. The summed E-state index contributed by atoms with van der Waals surface area (Å²) in [5, 5.41) is 9.04. The van der Waals surface area contributed by atoms with E-state index >= 15 is 0 Å². The highest BCUT2D eigenvalue weighted by Crippen LogP contribution is 2.43. The summed E-state index contributed by atoms with van der Waals surface area (Å²) < 4.78 is 16.0. The van der Waals surface area contributed by atoms with Crippen LogP contribution in [0.1, 0.15) is 48.3 Å². The maximum absolute atomic E-state index is 12.7. The number of hydrogen-bond acceptors (Lipinski definition) is 6. The number of carbonyl (C=O) groups is 1. The number of esters is 1. The summed E-state index contributed by atoms with van der Waals surface area (Å²) in [5.41, 5.74) is 3.14. The first-order chi connectivity index (χ1) is 17.3. The van der Waals surface area contributed by atoms with Gasteiger partial charge in [0.15, 0.2) is 11.3 Å². The Morgan fingerprint density at radius 3 is 2.67 bits per heavy atom. The van der Waals surface area contributed by atoms with E-state index in [-0.39, 0.29) is 18.0 Å². The Morgan fingerprint density at radius 2 is 1.92 bits per heavy atom. The van der Waals surface area contributed by atoms with Gasteiger partial charge in [-0.05, 0) is 55.7 Å². The van der Waals surface area contributed by atoms with Crippen molar-refractivity contribution in [3.63, 3.8) is 0 Å². The van der Waals surface area contributed by atoms with Crippen molar-refractivity contribution >= 4 is 32.8 Å². The second-order valence-corrected chi connectivity index (χ2v) is 15.1. The van der Waals surface area contributed by atoms with Crippen molar-refractivity contribution in [3.8, 4) is 0 Å². The third-order valence-electron chi connectivity index (χ3n) is 7.03. The van der Waals surface area contributed by atoms with Gasteiger partial charge >= 0.3 is 5.97 Å². The molecule has 3 heterocycles. The van der Waals surface area contributed by atoms with Crippen LogP contribution in [0.3, 0.4) is 0 Å². The van der Waals surface area contributed by atoms with Gasteiger partial charge in [-0.15, -0.1) is 10.2 Å². The van der Waals surface area contributed by atoms with E-state index in [9.17, 15) is 4.79 Å². The van der Waals surface area contributed by atoms with Gasteiger partial charge in [-0.25, -0.2) is 19.8 Å². The average molecular weight is 510 g/mol. The van der Waals surface area contributed by atoms with Crippen molar-refractivity contribution in [3.05, 3.63) is 60.2 Å². The molecule has 1 saturated carbocycles. The minimum Gasteiger partial charge on any atom is -0.459 e. The van der Waals surface area contributed by atoms with Crippen molar-refractivity contribution in [2.75, 3.05) is 31.1 Å². The zero-order chi connectivity index (χ0) is 25.3. The molecule has 0 amide bonds. The van der Waals surface area contributed by atoms with Gasteiger partial charge in [0, 0.05) is 17.9 Å². The van der Waals surface area contributed by atoms with Crippen LogP contribution in [0.4, 0.5) is 0 Å². The number of carbonyl (C=O) groups excluding carboxylic acids is 1. The predicted molar refractivity (Wildman–Crippen MR) is 144 cm³/mol. The zero-order valence-electron chi connectivity index (χ0n) is 21.5. The van der Waals surface area contributed by atoms with E-state index in [1.54, 1.807) is 18.3 Å². The quantitative estimate of drug-likeness (QED) is 0.236. The van der Waals surface area contributed by atoms with Crippen LogP contribution >= 0.6 is 10.0 Å². The molecule has 3 unspecified atom stereocenters. The molecule has 192 valence electrons. The van der Waals surface area contributed by atoms with Crippen molar-refractivity contribution in [1.29, 1.82) is 0 Å². The van der Waals surface area contributed by atoms with E-state index in [4.69, 9.17) is 9.47 Å². The summed E-state index contributed by atoms with van der Waals surface area (Å²) in [6.45, 7) is 3.39. The van der Waals surface area contributed by atoms with Crippen LogP contribution in [-0.4, -0.2) is 67.3 Å². The van der Waals surface area contributed by atoms with Crippen LogP contribution in [0.2, 0.25) is 0 Å². The molecule has 5 rings (SSSR count). The smallest absolute Gasteiger partial charge is 0.338 e. The summed E-state index contributed by atoms with van der Waals surface area (Å²) >= 11 is 0. The van der Waals surface area contributed by atoms with Crippen LogP contribution in [0.15, 0.2) is 48.8 Å². The van der Waals surface area contributed by atoms with Crippen molar-refractivity contribution in [2.24, 2.45) is 5.92 Å². The summed E-state index contributed by atoms with van der Waals surface area (Å²) in [6, 6.07) is 11.2. The molecule has 1 fully saturated rings. The van der Waals surface area contributed by atoms with Gasteiger partial charge in [0.05, 0.1) is 23.9 Å². The largest absolute Gasteiger partial charge is 0.459 e. The monoisotopic (exact) mass is 509 g/mol. The second-order valence-electron chi connectivity index (χ2n) is 10.5. The van der Waals surface area contributed by atoms with Crippen LogP contribution in [0.5, 0.6) is 0 Å². The molecule has 8 nitrogen and oxygen atoms in total. The normalized spacial score (nSPS) is 20.8. The highest BCUT2D eigenvalue weighted by atomic mass is 32.3. The fraction of sp³-hybridized carbons (Fsp3) is 0.481. The highest BCUT2D eigenvalue weighted by molar-refractivity contribution is 8.32. The third-order valence-corrected chi connectivity index (χ3v) is 8.42. The first-order valence-electron chi connectivity index (χ1n) is 12.5. The van der Waals surface area contributed by atoms with Crippen molar-refractivity contribution in [2.45, 2.75) is 44.9 Å². The van der Waals surface area contributed by atoms with Crippen LogP contribution in [0.25, 0.3) is 16.8 Å². The summed E-state index contributed by atoms with van der Waals surface area (Å²) in [7, 11) is -0.582. The van der Waals surface area contributed by atoms with E-state index in [2.05, 4.69) is 51.3 Å². The van der Waals surface area contributed by atoms with Gasteiger partial charge in [-0.3, -0.25) is 4.40 Å². The summed E-state index contributed by atoms with van der Waals surface area (Å²) in [6.07, 6.45) is 13.1. The maximum Gasteiger partial charge on any atom is 0.338 e. The van der Waals surface area contributed by atoms with Crippen LogP contribution < -0.4 is 0 Å². The Kier molecular flexibility index (Phi) is 7.03. The molecule has 9 heteroatoms. The first kappa shape index (κ1) is 24.8. The Morgan fingerprint density at radius 1 is 1.11 bits per heavy atom. The topological polar surface area (TPSA) is 83.5 Å². The van der Waals surface area contributed by atoms with E-state index in [0.29, 0.717) is 18.2 Å². The standard InChI is InChI=1S/C27H35N5O3S/c1-5-19-15-21(35-27(33)20-9-7-6-8-10-20)16-22(19)25-30-29-24-17-28-26-23(32(24)25)11-12-31(26)18-34-13-14-36(2,3)4/h6-12,17,19,21-22H,5,13-16,18H2,1-4H3. The Bertz CT molecular complexity index is 1340. The molecular formula is C27H35N5O3S. The molecule has 0 N–H and O–H groups in total. The molecule has 0 bridgehead atoms. The number of ether oxygens (including phenoxy) is 2. The lowest BCUT2D eigenvalue weighted by molar-refractivity contribution is 0.0307. The number of benzene rings is 1. The summed E-state index contributed by atoms with van der Waals surface area (Å²) in [4.78, 5) is 17.3. The minimum atomic E-state index is -0.582. The SMILES string of the molecule is CCC1CC(OC(=O)c2ccccc2)CC1c1nnc2cnc3c(ccn3COCCS(C)(C)C)n12. The van der Waals surface area contributed by atoms with Crippen molar-refractivity contribution in [1.82, 2.24) is 24.1 Å². The van der Waals surface area contributed by atoms with Gasteiger partial charge in [-0.1, -0.05) is 31.5 Å². The summed E-state index contributed by atoms with van der Waals surface area (Å²) in [5.74, 6) is 2.24. The van der Waals surface area contributed by atoms with Gasteiger partial charge in [0.1, 0.15) is 18.7 Å². The van der Waals surface area contributed by atoms with E-state index in [1.807, 2.05) is 29.0 Å². The molecular weight excluding hydrogens is 474 g/mol. The van der Waals surface area contributed by atoms with E-state index in [1.165, 1.54) is 0 Å². The first-order valence-corrected chi connectivity index (χ1v) is 15.6. The molecule has 0 radical (unpaired) electrons. The number of nitrogens with zero attached hydrogens (tertiary/aromatic N) is 5. The van der Waals surface area contributed by atoms with Gasteiger partial charge < -0.3 is 14.0 Å². The third kappa shape index (κ3) is 5.13. The molecule has 4 aromatic rings. The molecule has 0 saturated heterocycles. The molecule has 36 heavy (non-hydrogen) atoms. The lowest BCUT2D eigenvalue weighted by atomic mass is 9.93. The second kappa shape index (κ2) is 10.2. The fourth-order valence-electron chi connectivity index (χ4n) is 5.07. The van der Waals surface area contributed by atoms with E-state index < -0.39 is 10.0 Å². The van der Waals surface area contributed by atoms with Crippen LogP contribution in [-0.2, 0) is 16.2 Å². The Balaban J connectivity index is 1.37. The molecule has 0 spiro atoms. The maximum atomic E-state index is 12.7. The molecule has 3 atom stereocenters. The predicted octanol–water partition coefficient (Wildman–Crippen LogP) is 4.88. The number of rotatable bonds is 9.